The fraction of sp³-hybridized carbons (Fsp3) is 0.172. The third kappa shape index (κ3) is 4.75. The molecule has 10 heteroatoms. The molecule has 7 nitrogen and oxygen atoms in total. The van der Waals surface area contributed by atoms with Crippen LogP contribution in [-0.4, -0.2) is 27.1 Å². The highest BCUT2D eigenvalue weighted by Gasteiger charge is 2.35. The van der Waals surface area contributed by atoms with E-state index in [9.17, 15) is 9.59 Å². The Morgan fingerprint density at radius 1 is 1.05 bits per heavy atom. The number of fused-ring (bicyclic) bond motifs is 2. The highest BCUT2D eigenvalue weighted by atomic mass is 79.9. The van der Waals surface area contributed by atoms with Crippen LogP contribution < -0.4 is 19.7 Å². The van der Waals surface area contributed by atoms with Gasteiger partial charge in [0.2, 0.25) is 4.96 Å². The summed E-state index contributed by atoms with van der Waals surface area (Å²) in [4.78, 5) is 34.0. The summed E-state index contributed by atoms with van der Waals surface area (Å²) in [6, 6.07) is 20.5. The van der Waals surface area contributed by atoms with E-state index in [0.717, 1.165) is 51.2 Å². The van der Waals surface area contributed by atoms with Crippen molar-refractivity contribution >= 4 is 61.0 Å². The average Bonchev–Trinajstić information content (AvgIpc) is 3.56. The molecule has 0 bridgehead atoms. The average molecular weight is 622 g/mol. The first-order valence-corrected chi connectivity index (χ1v) is 14.5. The van der Waals surface area contributed by atoms with Crippen molar-refractivity contribution in [3.63, 3.8) is 0 Å². The zero-order chi connectivity index (χ0) is 27.1. The van der Waals surface area contributed by atoms with E-state index >= 15 is 0 Å². The van der Waals surface area contributed by atoms with Gasteiger partial charge in [0.05, 0.1) is 24.4 Å². The topological polar surface area (TPSA) is 76.8 Å². The van der Waals surface area contributed by atoms with Crippen molar-refractivity contribution in [2.45, 2.75) is 26.3 Å². The maximum atomic E-state index is 13.8. The summed E-state index contributed by atoms with van der Waals surface area (Å²) in [5.41, 5.74) is 2.97. The normalized spacial score (nSPS) is 14.3. The SMILES string of the molecule is CCCCOc1ccc(-c2nc3sc(=C4C(=O)N(Cc5ccccc5Cl)c5ccc(Br)cc54)c(=O)n3n2)cc1. The Balaban J connectivity index is 1.40. The van der Waals surface area contributed by atoms with Gasteiger partial charge in [-0.15, -0.1) is 5.10 Å². The van der Waals surface area contributed by atoms with Gasteiger partial charge in [-0.2, -0.15) is 9.50 Å². The number of rotatable bonds is 7. The summed E-state index contributed by atoms with van der Waals surface area (Å²) in [6.45, 7) is 3.07. The zero-order valence-corrected chi connectivity index (χ0v) is 24.0. The molecule has 2 aromatic heterocycles. The van der Waals surface area contributed by atoms with E-state index < -0.39 is 0 Å². The third-order valence-corrected chi connectivity index (χ3v) is 8.42. The predicted molar refractivity (Wildman–Crippen MR) is 157 cm³/mol. The van der Waals surface area contributed by atoms with Crippen LogP contribution in [0.2, 0.25) is 5.02 Å². The molecule has 0 radical (unpaired) electrons. The van der Waals surface area contributed by atoms with E-state index in [4.69, 9.17) is 16.3 Å². The molecule has 5 aromatic rings. The largest absolute Gasteiger partial charge is 0.494 e. The highest BCUT2D eigenvalue weighted by molar-refractivity contribution is 9.10. The monoisotopic (exact) mass is 620 g/mol. The molecule has 0 unspecified atom stereocenters. The smallest absolute Gasteiger partial charge is 0.291 e. The number of nitrogens with zero attached hydrogens (tertiary/aromatic N) is 4. The molecule has 0 spiro atoms. The number of carbonyl (C=O) groups excluding carboxylic acids is 1. The van der Waals surface area contributed by atoms with Crippen LogP contribution >= 0.6 is 38.9 Å². The molecule has 1 aliphatic rings. The van der Waals surface area contributed by atoms with Gasteiger partial charge in [0.1, 0.15) is 10.3 Å². The van der Waals surface area contributed by atoms with Gasteiger partial charge in [0.25, 0.3) is 11.5 Å². The Labute approximate surface area is 241 Å². The van der Waals surface area contributed by atoms with Gasteiger partial charge in [-0.1, -0.05) is 70.4 Å². The number of benzene rings is 3. The van der Waals surface area contributed by atoms with Crippen LogP contribution in [0.3, 0.4) is 0 Å². The minimum Gasteiger partial charge on any atom is -0.494 e. The number of amides is 1. The van der Waals surface area contributed by atoms with Crippen molar-refractivity contribution in [3.05, 3.63) is 102 Å². The van der Waals surface area contributed by atoms with E-state index in [1.165, 1.54) is 4.52 Å². The molecule has 6 rings (SSSR count). The maximum absolute atomic E-state index is 13.8. The first-order chi connectivity index (χ1) is 18.9. The Kier molecular flexibility index (Phi) is 6.97. The number of ether oxygens (including phenoxy) is 1. The minimum atomic E-state index is -0.373. The molecule has 3 heterocycles. The Morgan fingerprint density at radius 3 is 2.59 bits per heavy atom. The lowest BCUT2D eigenvalue weighted by atomic mass is 10.1. The summed E-state index contributed by atoms with van der Waals surface area (Å²) >= 11 is 11.1. The molecule has 0 saturated heterocycles. The van der Waals surface area contributed by atoms with Gasteiger partial charge >= 0.3 is 0 Å². The van der Waals surface area contributed by atoms with Gasteiger partial charge in [-0.3, -0.25) is 9.59 Å². The Hall–Kier alpha value is -3.53. The molecule has 196 valence electrons. The number of hydrogen-bond donors (Lipinski definition) is 0. The predicted octanol–water partition coefficient (Wildman–Crippen LogP) is 5.88. The Bertz CT molecular complexity index is 1830. The van der Waals surface area contributed by atoms with E-state index in [2.05, 4.69) is 32.9 Å². The van der Waals surface area contributed by atoms with E-state index in [0.29, 0.717) is 38.1 Å². The second-order valence-electron chi connectivity index (χ2n) is 9.11. The molecule has 0 N–H and O–H groups in total. The molecule has 0 saturated carbocycles. The summed E-state index contributed by atoms with van der Waals surface area (Å²) in [5, 5.41) is 5.05. The summed E-state index contributed by atoms with van der Waals surface area (Å²) in [5.74, 6) is 0.960. The fourth-order valence-corrected chi connectivity index (χ4v) is 6.07. The maximum Gasteiger partial charge on any atom is 0.291 e. The quantitative estimate of drug-likeness (QED) is 0.212. The van der Waals surface area contributed by atoms with Gasteiger partial charge in [-0.05, 0) is 60.5 Å². The lowest BCUT2D eigenvalue weighted by Crippen LogP contribution is -2.32. The van der Waals surface area contributed by atoms with Crippen molar-refractivity contribution in [1.82, 2.24) is 14.6 Å². The number of hydrogen-bond acceptors (Lipinski definition) is 6. The van der Waals surface area contributed by atoms with Crippen LogP contribution in [0.5, 0.6) is 5.75 Å². The fourth-order valence-electron chi connectivity index (χ4n) is 4.52. The van der Waals surface area contributed by atoms with Crippen LogP contribution in [0.15, 0.2) is 76.0 Å². The van der Waals surface area contributed by atoms with Crippen molar-refractivity contribution < 1.29 is 9.53 Å². The molecular formula is C29H22BrClN4O3S. The van der Waals surface area contributed by atoms with E-state index in [1.54, 1.807) is 11.0 Å². The standard InChI is InChI=1S/C29H22BrClN4O3S/c1-2-3-14-38-20-11-8-17(9-12-20)26-32-29-35(33-26)28(37)25(39-29)24-21-15-19(30)10-13-23(21)34(27(24)36)16-18-6-4-5-7-22(18)31/h4-13,15H,2-3,14,16H2,1H3. The van der Waals surface area contributed by atoms with E-state index in [-0.39, 0.29) is 18.0 Å². The summed E-state index contributed by atoms with van der Waals surface area (Å²) in [7, 11) is 0. The molecule has 1 aliphatic heterocycles. The number of aromatic nitrogens is 3. The first kappa shape index (κ1) is 25.7. The molecule has 39 heavy (non-hydrogen) atoms. The Morgan fingerprint density at radius 2 is 1.85 bits per heavy atom. The van der Waals surface area contributed by atoms with Crippen LogP contribution in [0.4, 0.5) is 5.69 Å². The highest BCUT2D eigenvalue weighted by Crippen LogP contribution is 2.38. The van der Waals surface area contributed by atoms with Crippen molar-refractivity contribution in [2.24, 2.45) is 0 Å². The van der Waals surface area contributed by atoms with Crippen LogP contribution in [-0.2, 0) is 11.3 Å². The second-order valence-corrected chi connectivity index (χ2v) is 11.4. The van der Waals surface area contributed by atoms with E-state index in [1.807, 2.05) is 60.7 Å². The number of anilines is 1. The van der Waals surface area contributed by atoms with Crippen molar-refractivity contribution in [3.8, 4) is 17.1 Å². The minimum absolute atomic E-state index is 0.261. The number of halogens is 2. The van der Waals surface area contributed by atoms with Gasteiger partial charge < -0.3 is 9.64 Å². The molecule has 3 aromatic carbocycles. The van der Waals surface area contributed by atoms with Gasteiger partial charge in [0, 0.05) is 20.6 Å². The summed E-state index contributed by atoms with van der Waals surface area (Å²) in [6.07, 6.45) is 2.07. The number of thiazole rings is 1. The number of carbonyl (C=O) groups is 1. The number of unbranched alkanes of at least 4 members (excludes halogenated alkanes) is 1. The van der Waals surface area contributed by atoms with Gasteiger partial charge in [-0.25, -0.2) is 0 Å². The zero-order valence-electron chi connectivity index (χ0n) is 20.9. The molecule has 0 atom stereocenters. The van der Waals surface area contributed by atoms with Crippen molar-refractivity contribution in [1.29, 1.82) is 0 Å². The lowest BCUT2D eigenvalue weighted by molar-refractivity contribution is -0.113. The second kappa shape index (κ2) is 10.6. The molecule has 0 aliphatic carbocycles. The van der Waals surface area contributed by atoms with Crippen molar-refractivity contribution in [2.75, 3.05) is 11.5 Å². The third-order valence-electron chi connectivity index (χ3n) is 6.53. The van der Waals surface area contributed by atoms with Crippen LogP contribution in [0, 0.1) is 0 Å². The molecule has 0 fully saturated rings. The molecular weight excluding hydrogens is 600 g/mol. The summed E-state index contributed by atoms with van der Waals surface area (Å²) < 4.78 is 8.12. The van der Waals surface area contributed by atoms with Gasteiger partial charge in [0.15, 0.2) is 5.82 Å². The van der Waals surface area contributed by atoms with Crippen LogP contribution in [0.1, 0.15) is 30.9 Å². The van der Waals surface area contributed by atoms with Crippen LogP contribution in [0.25, 0.3) is 21.9 Å². The first-order valence-electron chi connectivity index (χ1n) is 12.5. The molecule has 1 amide bonds. The lowest BCUT2D eigenvalue weighted by Gasteiger charge is -2.18.